The van der Waals surface area contributed by atoms with Gasteiger partial charge >= 0.3 is 0 Å². The highest BCUT2D eigenvalue weighted by Gasteiger charge is 2.15. The molecule has 80 valence electrons. The van der Waals surface area contributed by atoms with Gasteiger partial charge in [-0.15, -0.1) is 0 Å². The van der Waals surface area contributed by atoms with Crippen LogP contribution in [0.25, 0.3) is 0 Å². The van der Waals surface area contributed by atoms with E-state index < -0.39 is 0 Å². The second-order valence-corrected chi connectivity index (χ2v) is 4.55. The maximum absolute atomic E-state index is 11.7. The fourth-order valence-corrected chi connectivity index (χ4v) is 2.39. The minimum atomic E-state index is 0.181. The number of rotatable bonds is 1. The average Bonchev–Trinajstić information content (AvgIpc) is 2.43. The van der Waals surface area contributed by atoms with Gasteiger partial charge in [-0.25, -0.2) is 0 Å². The van der Waals surface area contributed by atoms with E-state index in [2.05, 4.69) is 6.07 Å². The lowest BCUT2D eigenvalue weighted by Gasteiger charge is -2.20. The molecule has 15 heavy (non-hydrogen) atoms. The Morgan fingerprint density at radius 1 is 1.13 bits per heavy atom. The van der Waals surface area contributed by atoms with Crippen molar-refractivity contribution in [2.24, 2.45) is 0 Å². The van der Waals surface area contributed by atoms with Crippen LogP contribution >= 0.6 is 0 Å². The van der Waals surface area contributed by atoms with Crippen molar-refractivity contribution in [2.45, 2.75) is 44.9 Å². The summed E-state index contributed by atoms with van der Waals surface area (Å²) in [5.41, 5.74) is 2.27. The van der Waals surface area contributed by atoms with Gasteiger partial charge in [0.05, 0.1) is 0 Å². The molecule has 0 saturated heterocycles. The highest BCUT2D eigenvalue weighted by atomic mass is 16.1. The zero-order valence-electron chi connectivity index (χ0n) is 9.33. The first kappa shape index (κ1) is 10.4. The van der Waals surface area contributed by atoms with Gasteiger partial charge in [-0.1, -0.05) is 37.5 Å². The number of hydrogen-bond donors (Lipinski definition) is 0. The van der Waals surface area contributed by atoms with Crippen LogP contribution in [0.2, 0.25) is 0 Å². The molecular weight excluding hydrogens is 184 g/mol. The van der Waals surface area contributed by atoms with E-state index in [1.54, 1.807) is 0 Å². The van der Waals surface area contributed by atoms with E-state index in [0.29, 0.717) is 5.92 Å². The molecule has 1 aromatic carbocycles. The third kappa shape index (κ3) is 2.47. The van der Waals surface area contributed by atoms with Gasteiger partial charge < -0.3 is 0 Å². The third-order valence-corrected chi connectivity index (χ3v) is 3.40. The fourth-order valence-electron chi connectivity index (χ4n) is 2.39. The van der Waals surface area contributed by atoms with Crippen molar-refractivity contribution in [3.05, 3.63) is 45.6 Å². The zero-order chi connectivity index (χ0) is 10.7. The molecule has 0 aromatic heterocycles. The fraction of sp³-hybridized carbons (Fsp3) is 0.500. The van der Waals surface area contributed by atoms with E-state index in [-0.39, 0.29) is 5.43 Å². The third-order valence-electron chi connectivity index (χ3n) is 3.40. The lowest BCUT2D eigenvalue weighted by atomic mass is 9.85. The Hall–Kier alpha value is -1.11. The van der Waals surface area contributed by atoms with Crippen LogP contribution < -0.4 is 5.43 Å². The number of hydrogen-bond acceptors (Lipinski definition) is 1. The Labute approximate surface area is 91.2 Å². The van der Waals surface area contributed by atoms with Crippen molar-refractivity contribution in [3.63, 3.8) is 0 Å². The molecule has 1 saturated carbocycles. The van der Waals surface area contributed by atoms with Gasteiger partial charge in [0.2, 0.25) is 0 Å². The van der Waals surface area contributed by atoms with Crippen molar-refractivity contribution in [1.29, 1.82) is 0 Å². The van der Waals surface area contributed by atoms with Gasteiger partial charge in [0.1, 0.15) is 0 Å². The van der Waals surface area contributed by atoms with E-state index >= 15 is 0 Å². The van der Waals surface area contributed by atoms with E-state index in [0.717, 1.165) is 5.56 Å². The Balaban J connectivity index is 2.32. The SMILES string of the molecule is Cc1cccc(C2CCCCC2)cc1=O. The molecule has 1 aliphatic carbocycles. The minimum absolute atomic E-state index is 0.181. The van der Waals surface area contributed by atoms with Crippen molar-refractivity contribution < 1.29 is 0 Å². The summed E-state index contributed by atoms with van der Waals surface area (Å²) in [7, 11) is 0. The molecule has 2 rings (SSSR count). The molecule has 1 nitrogen and oxygen atoms in total. The summed E-state index contributed by atoms with van der Waals surface area (Å²) in [6, 6.07) is 7.88. The molecule has 0 radical (unpaired) electrons. The Morgan fingerprint density at radius 2 is 1.87 bits per heavy atom. The lowest BCUT2D eigenvalue weighted by molar-refractivity contribution is 0.443. The van der Waals surface area contributed by atoms with Crippen LogP contribution in [0.15, 0.2) is 29.1 Å². The molecule has 0 atom stereocenters. The van der Waals surface area contributed by atoms with Gasteiger partial charge in [-0.3, -0.25) is 4.79 Å². The van der Waals surface area contributed by atoms with Crippen LogP contribution in [-0.2, 0) is 0 Å². The Morgan fingerprint density at radius 3 is 2.60 bits per heavy atom. The quantitative estimate of drug-likeness (QED) is 0.682. The van der Waals surface area contributed by atoms with Crippen molar-refractivity contribution in [2.75, 3.05) is 0 Å². The Bertz CT molecular complexity index is 389. The molecular formula is C14H18O. The molecule has 0 bridgehead atoms. The van der Waals surface area contributed by atoms with Crippen LogP contribution in [0, 0.1) is 6.92 Å². The van der Waals surface area contributed by atoms with Crippen LogP contribution in [0.3, 0.4) is 0 Å². The highest BCUT2D eigenvalue weighted by molar-refractivity contribution is 5.23. The molecule has 0 unspecified atom stereocenters. The summed E-state index contributed by atoms with van der Waals surface area (Å²) < 4.78 is 0. The van der Waals surface area contributed by atoms with Gasteiger partial charge in [0.25, 0.3) is 0 Å². The van der Waals surface area contributed by atoms with E-state index in [9.17, 15) is 4.79 Å². The molecule has 0 aliphatic heterocycles. The molecule has 1 aromatic rings. The van der Waals surface area contributed by atoms with Gasteiger partial charge in [-0.2, -0.15) is 0 Å². The minimum Gasteiger partial charge on any atom is -0.290 e. The highest BCUT2D eigenvalue weighted by Crippen LogP contribution is 2.31. The first-order valence-corrected chi connectivity index (χ1v) is 5.88. The van der Waals surface area contributed by atoms with Crippen LogP contribution in [0.5, 0.6) is 0 Å². The maximum atomic E-state index is 11.7. The molecule has 0 amide bonds. The standard InChI is InChI=1S/C14H18O/c1-11-6-5-9-13(10-14(11)15)12-7-3-2-4-8-12/h5-6,9-10,12H,2-4,7-8H2,1H3. The van der Waals surface area contributed by atoms with Crippen LogP contribution in [-0.4, -0.2) is 0 Å². The zero-order valence-corrected chi connectivity index (χ0v) is 9.33. The summed E-state index contributed by atoms with van der Waals surface area (Å²) in [6.07, 6.45) is 6.50. The largest absolute Gasteiger partial charge is 0.290 e. The van der Waals surface area contributed by atoms with Crippen molar-refractivity contribution in [1.82, 2.24) is 0 Å². The normalized spacial score (nSPS) is 17.7. The van der Waals surface area contributed by atoms with Crippen LogP contribution in [0.4, 0.5) is 0 Å². The van der Waals surface area contributed by atoms with Crippen molar-refractivity contribution >= 4 is 0 Å². The predicted molar refractivity (Wildman–Crippen MR) is 63.3 cm³/mol. The lowest BCUT2D eigenvalue weighted by Crippen LogP contribution is -2.06. The second-order valence-electron chi connectivity index (χ2n) is 4.55. The summed E-state index contributed by atoms with van der Waals surface area (Å²) in [5.74, 6) is 0.623. The topological polar surface area (TPSA) is 17.1 Å². The molecule has 0 spiro atoms. The molecule has 0 N–H and O–H groups in total. The summed E-state index contributed by atoms with van der Waals surface area (Å²) in [5, 5.41) is 0. The van der Waals surface area contributed by atoms with E-state index in [1.165, 1.54) is 37.7 Å². The van der Waals surface area contributed by atoms with E-state index in [4.69, 9.17) is 0 Å². The molecule has 1 aliphatic rings. The predicted octanol–water partition coefficient (Wildman–Crippen LogP) is 3.40. The van der Waals surface area contributed by atoms with Gasteiger partial charge in [-0.05, 0) is 42.9 Å². The van der Waals surface area contributed by atoms with E-state index in [1.807, 2.05) is 25.1 Å². The summed E-state index contributed by atoms with van der Waals surface area (Å²) >= 11 is 0. The van der Waals surface area contributed by atoms with Gasteiger partial charge in [0.15, 0.2) is 5.43 Å². The first-order chi connectivity index (χ1) is 7.27. The monoisotopic (exact) mass is 202 g/mol. The molecule has 0 heterocycles. The number of aryl methyl sites for hydroxylation is 1. The molecule has 1 heteroatoms. The van der Waals surface area contributed by atoms with Gasteiger partial charge in [0, 0.05) is 0 Å². The summed E-state index contributed by atoms with van der Waals surface area (Å²) in [4.78, 5) is 11.7. The average molecular weight is 202 g/mol. The second kappa shape index (κ2) is 4.61. The first-order valence-electron chi connectivity index (χ1n) is 5.88. The molecule has 1 fully saturated rings. The van der Waals surface area contributed by atoms with Crippen LogP contribution in [0.1, 0.15) is 49.1 Å². The smallest absolute Gasteiger partial charge is 0.181 e. The van der Waals surface area contributed by atoms with Crippen molar-refractivity contribution in [3.8, 4) is 0 Å². The Kier molecular flexibility index (Phi) is 3.20. The maximum Gasteiger partial charge on any atom is 0.181 e. The summed E-state index contributed by atoms with van der Waals surface area (Å²) in [6.45, 7) is 1.88.